The molecule has 0 aliphatic carbocycles. The molecule has 0 unspecified atom stereocenters. The lowest BCUT2D eigenvalue weighted by molar-refractivity contribution is 0.660. The fraction of sp³-hybridized carbons (Fsp3) is 1.00. The number of hydrogen-bond donors (Lipinski definition) is 0. The summed E-state index contributed by atoms with van der Waals surface area (Å²) < 4.78 is 1.29. The van der Waals surface area contributed by atoms with E-state index >= 15 is 0 Å². The molecule has 0 saturated carbocycles. The summed E-state index contributed by atoms with van der Waals surface area (Å²) in [5.41, 5.74) is 0. The van der Waals surface area contributed by atoms with Gasteiger partial charge in [-0.3, -0.25) is 0 Å². The maximum absolute atomic E-state index is 5.98. The molecule has 0 nitrogen and oxygen atoms in total. The molecular weight excluding hydrogens is 322 g/mol. The Balaban J connectivity index is 3.01. The Morgan fingerprint density at radius 3 is 2.00 bits per heavy atom. The Bertz CT molecular complexity index is 104. The molecular formula is C8H17Cl2ISi. The van der Waals surface area contributed by atoms with Crippen LogP contribution in [-0.2, 0) is 0 Å². The first-order valence-corrected chi connectivity index (χ1v) is 10.8. The van der Waals surface area contributed by atoms with Gasteiger partial charge in [-0.2, -0.15) is 0 Å². The fourth-order valence-corrected chi connectivity index (χ4v) is 3.27. The highest BCUT2D eigenvalue weighted by Gasteiger charge is 2.19. The SMILES string of the molecule is C[Si](Cl)(Cl)CCCCCCCI. The van der Waals surface area contributed by atoms with E-state index in [1.165, 1.54) is 36.5 Å². The zero-order chi connectivity index (χ0) is 9.45. The minimum absolute atomic E-state index is 1.06. The van der Waals surface area contributed by atoms with Gasteiger partial charge in [0.05, 0.1) is 0 Å². The maximum Gasteiger partial charge on any atom is 0.248 e. The first-order valence-electron chi connectivity index (χ1n) is 4.50. The fourth-order valence-electron chi connectivity index (χ4n) is 1.06. The summed E-state index contributed by atoms with van der Waals surface area (Å²) in [7, 11) is 0. The molecule has 0 aromatic heterocycles. The van der Waals surface area contributed by atoms with E-state index in [9.17, 15) is 0 Å². The van der Waals surface area contributed by atoms with E-state index in [1.54, 1.807) is 0 Å². The predicted molar refractivity (Wildman–Crippen MR) is 70.1 cm³/mol. The van der Waals surface area contributed by atoms with Crippen LogP contribution in [0.15, 0.2) is 0 Å². The first kappa shape index (κ1) is 13.5. The summed E-state index contributed by atoms with van der Waals surface area (Å²) in [5, 5.41) is 0. The lowest BCUT2D eigenvalue weighted by Crippen LogP contribution is -2.11. The van der Waals surface area contributed by atoms with Crippen molar-refractivity contribution in [2.75, 3.05) is 4.43 Å². The molecule has 74 valence electrons. The largest absolute Gasteiger partial charge is 0.248 e. The van der Waals surface area contributed by atoms with E-state index < -0.39 is 6.69 Å². The number of unbranched alkanes of at least 4 members (excludes halogenated alkanes) is 4. The molecule has 0 spiro atoms. The van der Waals surface area contributed by atoms with Gasteiger partial charge >= 0.3 is 0 Å². The normalized spacial score (nSPS) is 12.0. The van der Waals surface area contributed by atoms with Gasteiger partial charge in [0.1, 0.15) is 0 Å². The minimum Gasteiger partial charge on any atom is -0.146 e. The molecule has 0 fully saturated rings. The van der Waals surface area contributed by atoms with Gasteiger partial charge < -0.3 is 0 Å². The van der Waals surface area contributed by atoms with Gasteiger partial charge in [-0.15, -0.1) is 22.2 Å². The van der Waals surface area contributed by atoms with Crippen LogP contribution >= 0.6 is 44.7 Å². The summed E-state index contributed by atoms with van der Waals surface area (Å²) in [6.45, 7) is 0.218. The third-order valence-corrected chi connectivity index (χ3v) is 4.88. The van der Waals surface area contributed by atoms with Crippen molar-refractivity contribution in [3.05, 3.63) is 0 Å². The lowest BCUT2D eigenvalue weighted by Gasteiger charge is -2.08. The van der Waals surface area contributed by atoms with Crippen molar-refractivity contribution in [3.63, 3.8) is 0 Å². The van der Waals surface area contributed by atoms with Crippen molar-refractivity contribution in [1.29, 1.82) is 0 Å². The van der Waals surface area contributed by atoms with Crippen molar-refractivity contribution in [2.24, 2.45) is 0 Å². The van der Waals surface area contributed by atoms with E-state index in [1.807, 2.05) is 6.55 Å². The maximum atomic E-state index is 5.98. The van der Waals surface area contributed by atoms with Gasteiger partial charge in [0.15, 0.2) is 0 Å². The topological polar surface area (TPSA) is 0 Å². The van der Waals surface area contributed by atoms with Crippen LogP contribution in [0.4, 0.5) is 0 Å². The van der Waals surface area contributed by atoms with Gasteiger partial charge in [0.2, 0.25) is 6.69 Å². The standard InChI is InChI=1S/C8H17Cl2ISi/c1-12(9,10)8-6-4-2-3-5-7-11/h2-8H2,1H3. The van der Waals surface area contributed by atoms with Crippen LogP contribution in [0.2, 0.25) is 12.6 Å². The Morgan fingerprint density at radius 1 is 1.00 bits per heavy atom. The van der Waals surface area contributed by atoms with Crippen molar-refractivity contribution in [3.8, 4) is 0 Å². The molecule has 0 aliphatic heterocycles. The van der Waals surface area contributed by atoms with Crippen LogP contribution in [0.1, 0.15) is 32.1 Å². The summed E-state index contributed by atoms with van der Waals surface area (Å²) in [5.74, 6) is 0. The second-order valence-corrected chi connectivity index (χ2v) is 12.6. The van der Waals surface area contributed by atoms with Gasteiger partial charge in [0, 0.05) is 0 Å². The van der Waals surface area contributed by atoms with Crippen LogP contribution in [-0.4, -0.2) is 11.1 Å². The van der Waals surface area contributed by atoms with Crippen LogP contribution in [0, 0.1) is 0 Å². The highest BCUT2D eigenvalue weighted by atomic mass is 127. The molecule has 4 heteroatoms. The Labute approximate surface area is 100.0 Å². The third kappa shape index (κ3) is 11.5. The number of alkyl halides is 1. The average Bonchev–Trinajstić information content (AvgIpc) is 1.94. The molecule has 0 aliphatic rings. The molecule has 0 radical (unpaired) electrons. The molecule has 0 saturated heterocycles. The lowest BCUT2D eigenvalue weighted by atomic mass is 10.2. The molecule has 0 aromatic rings. The summed E-state index contributed by atoms with van der Waals surface area (Å²) in [4.78, 5) is 0. The molecule has 0 N–H and O–H groups in total. The van der Waals surface area contributed by atoms with Gasteiger partial charge in [-0.05, 0) is 23.4 Å². The van der Waals surface area contributed by atoms with Crippen LogP contribution in [0.25, 0.3) is 0 Å². The van der Waals surface area contributed by atoms with Gasteiger partial charge in [-0.25, -0.2) is 0 Å². The smallest absolute Gasteiger partial charge is 0.146 e. The quantitative estimate of drug-likeness (QED) is 0.203. The summed E-state index contributed by atoms with van der Waals surface area (Å²) in [6, 6.07) is 1.06. The van der Waals surface area contributed by atoms with Crippen molar-refractivity contribution < 1.29 is 0 Å². The monoisotopic (exact) mass is 338 g/mol. The molecule has 0 heterocycles. The Morgan fingerprint density at radius 2 is 1.50 bits per heavy atom. The van der Waals surface area contributed by atoms with Crippen molar-refractivity contribution >= 4 is 51.4 Å². The zero-order valence-corrected chi connectivity index (χ0v) is 12.3. The Kier molecular flexibility index (Phi) is 8.89. The van der Waals surface area contributed by atoms with Crippen molar-refractivity contribution in [2.45, 2.75) is 44.7 Å². The number of hydrogen-bond acceptors (Lipinski definition) is 0. The predicted octanol–water partition coefficient (Wildman–Crippen LogP) is 4.92. The van der Waals surface area contributed by atoms with E-state index in [2.05, 4.69) is 22.6 Å². The van der Waals surface area contributed by atoms with Crippen molar-refractivity contribution in [1.82, 2.24) is 0 Å². The van der Waals surface area contributed by atoms with E-state index in [0.29, 0.717) is 0 Å². The minimum atomic E-state index is -1.78. The molecule has 12 heavy (non-hydrogen) atoms. The molecule has 0 amide bonds. The van der Waals surface area contributed by atoms with E-state index in [4.69, 9.17) is 22.2 Å². The van der Waals surface area contributed by atoms with E-state index in [0.717, 1.165) is 6.04 Å². The van der Waals surface area contributed by atoms with Crippen LogP contribution in [0.3, 0.4) is 0 Å². The number of halogens is 3. The van der Waals surface area contributed by atoms with Gasteiger partial charge in [0.25, 0.3) is 0 Å². The second kappa shape index (κ2) is 7.89. The van der Waals surface area contributed by atoms with Crippen LogP contribution in [0.5, 0.6) is 0 Å². The second-order valence-electron chi connectivity index (χ2n) is 3.28. The summed E-state index contributed by atoms with van der Waals surface area (Å²) in [6.07, 6.45) is 6.60. The zero-order valence-electron chi connectivity index (χ0n) is 7.58. The Hall–Kier alpha value is 1.53. The third-order valence-electron chi connectivity index (χ3n) is 1.75. The van der Waals surface area contributed by atoms with Crippen LogP contribution < -0.4 is 0 Å². The molecule has 0 bridgehead atoms. The molecule has 0 aromatic carbocycles. The number of rotatable bonds is 7. The average molecular weight is 339 g/mol. The van der Waals surface area contributed by atoms with Gasteiger partial charge in [-0.1, -0.05) is 48.3 Å². The van der Waals surface area contributed by atoms with E-state index in [-0.39, 0.29) is 0 Å². The first-order chi connectivity index (χ1) is 5.56. The molecule has 0 rings (SSSR count). The highest BCUT2D eigenvalue weighted by molar-refractivity contribution is 14.1. The summed E-state index contributed by atoms with van der Waals surface area (Å²) >= 11 is 14.4. The highest BCUT2D eigenvalue weighted by Crippen LogP contribution is 2.23. The molecule has 0 atom stereocenters.